The van der Waals surface area contributed by atoms with E-state index < -0.39 is 23.1 Å². The number of halogens is 2. The van der Waals surface area contributed by atoms with Gasteiger partial charge in [-0.25, -0.2) is 8.78 Å². The number of nitrogens with one attached hydrogen (secondary N) is 1. The van der Waals surface area contributed by atoms with Crippen molar-refractivity contribution in [2.24, 2.45) is 5.92 Å². The molecule has 2 aliphatic rings. The summed E-state index contributed by atoms with van der Waals surface area (Å²) in [5.74, 6) is -1.69. The summed E-state index contributed by atoms with van der Waals surface area (Å²) >= 11 is 0. The second-order valence-electron chi connectivity index (χ2n) is 4.92. The van der Waals surface area contributed by atoms with Crippen molar-refractivity contribution >= 4 is 5.91 Å². The minimum Gasteiger partial charge on any atom is -0.337 e. The van der Waals surface area contributed by atoms with Crippen LogP contribution in [-0.2, 0) is 0 Å². The van der Waals surface area contributed by atoms with Gasteiger partial charge in [0.05, 0.1) is 0 Å². The largest absolute Gasteiger partial charge is 0.337 e. The monoisotopic (exact) mass is 252 g/mol. The van der Waals surface area contributed by atoms with Gasteiger partial charge in [0, 0.05) is 19.1 Å². The van der Waals surface area contributed by atoms with Crippen LogP contribution >= 0.6 is 0 Å². The lowest BCUT2D eigenvalue weighted by molar-refractivity contribution is 0.0773. The Kier molecular flexibility index (Phi) is 2.78. The van der Waals surface area contributed by atoms with Crippen LogP contribution in [-0.4, -0.2) is 36.5 Å². The molecule has 0 bridgehead atoms. The summed E-state index contributed by atoms with van der Waals surface area (Å²) < 4.78 is 27.1. The minimum absolute atomic E-state index is 0.281. The van der Waals surface area contributed by atoms with Gasteiger partial charge in [0.2, 0.25) is 0 Å². The topological polar surface area (TPSA) is 32.3 Å². The van der Waals surface area contributed by atoms with E-state index in [1.807, 2.05) is 0 Å². The Balaban J connectivity index is 1.83. The van der Waals surface area contributed by atoms with E-state index in [0.717, 1.165) is 25.1 Å². The number of amides is 1. The lowest BCUT2D eigenvalue weighted by atomic mass is 10.1. The molecule has 0 saturated carbocycles. The molecule has 1 aromatic rings. The van der Waals surface area contributed by atoms with Crippen molar-refractivity contribution < 1.29 is 13.6 Å². The fourth-order valence-electron chi connectivity index (χ4n) is 2.88. The van der Waals surface area contributed by atoms with Gasteiger partial charge in [-0.15, -0.1) is 0 Å². The van der Waals surface area contributed by atoms with Crippen molar-refractivity contribution in [1.82, 2.24) is 10.2 Å². The van der Waals surface area contributed by atoms with Crippen LogP contribution in [0.2, 0.25) is 0 Å². The SMILES string of the molecule is O=C(c1c(F)cccc1F)N1C[C@@H]2CCN[C@@H]2C1. The maximum Gasteiger partial charge on any atom is 0.259 e. The summed E-state index contributed by atoms with van der Waals surface area (Å²) in [6.45, 7) is 2.09. The minimum atomic E-state index is -0.787. The number of likely N-dealkylation sites (tertiary alicyclic amines) is 1. The van der Waals surface area contributed by atoms with E-state index >= 15 is 0 Å². The van der Waals surface area contributed by atoms with Crippen molar-refractivity contribution in [3.63, 3.8) is 0 Å². The lowest BCUT2D eigenvalue weighted by Gasteiger charge is -2.18. The molecule has 96 valence electrons. The summed E-state index contributed by atoms with van der Waals surface area (Å²) in [5, 5.41) is 3.30. The fourth-order valence-corrected chi connectivity index (χ4v) is 2.88. The molecule has 0 spiro atoms. The first-order chi connectivity index (χ1) is 8.66. The molecule has 1 N–H and O–H groups in total. The Bertz CT molecular complexity index is 460. The predicted octanol–water partition coefficient (Wildman–Crippen LogP) is 1.40. The van der Waals surface area contributed by atoms with Gasteiger partial charge in [0.25, 0.3) is 5.91 Å². The van der Waals surface area contributed by atoms with Gasteiger partial charge < -0.3 is 10.2 Å². The molecule has 0 radical (unpaired) electrons. The molecule has 3 rings (SSSR count). The molecule has 1 aromatic carbocycles. The normalized spacial score (nSPS) is 26.4. The maximum absolute atomic E-state index is 13.5. The Morgan fingerprint density at radius 3 is 2.67 bits per heavy atom. The Morgan fingerprint density at radius 1 is 1.28 bits per heavy atom. The Labute approximate surface area is 104 Å². The van der Waals surface area contributed by atoms with E-state index in [1.165, 1.54) is 6.07 Å². The highest BCUT2D eigenvalue weighted by Crippen LogP contribution is 2.26. The molecular formula is C13H14F2N2O. The highest BCUT2D eigenvalue weighted by Gasteiger charge is 2.39. The van der Waals surface area contributed by atoms with Gasteiger partial charge in [-0.3, -0.25) is 4.79 Å². The van der Waals surface area contributed by atoms with Crippen LogP contribution in [0.4, 0.5) is 8.78 Å². The van der Waals surface area contributed by atoms with E-state index in [1.54, 1.807) is 4.90 Å². The average molecular weight is 252 g/mol. The molecule has 3 nitrogen and oxygen atoms in total. The second-order valence-corrected chi connectivity index (χ2v) is 4.92. The number of benzene rings is 1. The summed E-state index contributed by atoms with van der Waals surface area (Å²) in [7, 11) is 0. The maximum atomic E-state index is 13.5. The number of rotatable bonds is 1. The molecular weight excluding hydrogens is 238 g/mol. The van der Waals surface area contributed by atoms with Crippen LogP contribution in [0, 0.1) is 17.6 Å². The zero-order valence-corrected chi connectivity index (χ0v) is 9.83. The smallest absolute Gasteiger partial charge is 0.259 e. The second kappa shape index (κ2) is 4.31. The van der Waals surface area contributed by atoms with Gasteiger partial charge in [-0.05, 0) is 31.0 Å². The van der Waals surface area contributed by atoms with Crippen molar-refractivity contribution in [1.29, 1.82) is 0 Å². The first kappa shape index (κ1) is 11.6. The fraction of sp³-hybridized carbons (Fsp3) is 0.462. The number of carbonyl (C=O) groups is 1. The van der Waals surface area contributed by atoms with Gasteiger partial charge in [-0.1, -0.05) is 6.07 Å². The van der Waals surface area contributed by atoms with Crippen LogP contribution in [0.15, 0.2) is 18.2 Å². The third-order valence-corrected chi connectivity index (χ3v) is 3.83. The van der Waals surface area contributed by atoms with Crippen molar-refractivity contribution in [3.05, 3.63) is 35.4 Å². The van der Waals surface area contributed by atoms with Crippen molar-refractivity contribution in [3.8, 4) is 0 Å². The first-order valence-corrected chi connectivity index (χ1v) is 6.13. The highest BCUT2D eigenvalue weighted by atomic mass is 19.1. The Morgan fingerprint density at radius 2 is 2.00 bits per heavy atom. The molecule has 5 heteroatoms. The molecule has 2 atom stereocenters. The lowest BCUT2D eigenvalue weighted by Crippen LogP contribution is -2.34. The van der Waals surface area contributed by atoms with E-state index in [4.69, 9.17) is 0 Å². The van der Waals surface area contributed by atoms with Gasteiger partial charge in [0.15, 0.2) is 0 Å². The predicted molar refractivity (Wildman–Crippen MR) is 62.2 cm³/mol. The summed E-state index contributed by atoms with van der Waals surface area (Å²) in [5.41, 5.74) is -0.433. The molecule has 1 amide bonds. The highest BCUT2D eigenvalue weighted by molar-refractivity contribution is 5.95. The summed E-state index contributed by atoms with van der Waals surface area (Å²) in [6.07, 6.45) is 1.02. The van der Waals surface area contributed by atoms with E-state index in [9.17, 15) is 13.6 Å². The first-order valence-electron chi connectivity index (χ1n) is 6.13. The van der Waals surface area contributed by atoms with Gasteiger partial charge in [0.1, 0.15) is 17.2 Å². The molecule has 2 aliphatic heterocycles. The number of hydrogen-bond acceptors (Lipinski definition) is 2. The molecule has 2 fully saturated rings. The van der Waals surface area contributed by atoms with Crippen molar-refractivity contribution in [2.45, 2.75) is 12.5 Å². The molecule has 0 unspecified atom stereocenters. The van der Waals surface area contributed by atoms with Crippen LogP contribution in [0.3, 0.4) is 0 Å². The Hall–Kier alpha value is -1.49. The molecule has 2 saturated heterocycles. The van der Waals surface area contributed by atoms with E-state index in [-0.39, 0.29) is 6.04 Å². The zero-order valence-electron chi connectivity index (χ0n) is 9.83. The van der Waals surface area contributed by atoms with E-state index in [0.29, 0.717) is 19.0 Å². The van der Waals surface area contributed by atoms with Crippen molar-refractivity contribution in [2.75, 3.05) is 19.6 Å². The molecule has 2 heterocycles. The van der Waals surface area contributed by atoms with Gasteiger partial charge >= 0.3 is 0 Å². The zero-order chi connectivity index (χ0) is 12.7. The standard InChI is InChI=1S/C13H14F2N2O/c14-9-2-1-3-10(15)12(9)13(18)17-6-8-4-5-16-11(8)7-17/h1-3,8,11,16H,4-7H2/t8-,11+/m0/s1. The third-order valence-electron chi connectivity index (χ3n) is 3.83. The number of fused-ring (bicyclic) bond motifs is 1. The number of hydrogen-bond donors (Lipinski definition) is 1. The van der Waals surface area contributed by atoms with Crippen LogP contribution in [0.5, 0.6) is 0 Å². The molecule has 0 aliphatic carbocycles. The molecule has 0 aromatic heterocycles. The van der Waals surface area contributed by atoms with Crippen LogP contribution in [0.25, 0.3) is 0 Å². The average Bonchev–Trinajstić information content (AvgIpc) is 2.88. The van der Waals surface area contributed by atoms with E-state index in [2.05, 4.69) is 5.32 Å². The third kappa shape index (κ3) is 1.79. The summed E-state index contributed by atoms with van der Waals surface area (Å²) in [6, 6.07) is 3.78. The van der Waals surface area contributed by atoms with Gasteiger partial charge in [-0.2, -0.15) is 0 Å². The van der Waals surface area contributed by atoms with Crippen LogP contribution in [0.1, 0.15) is 16.8 Å². The quantitative estimate of drug-likeness (QED) is 0.819. The number of carbonyl (C=O) groups excluding carboxylic acids is 1. The van der Waals surface area contributed by atoms with Crippen LogP contribution < -0.4 is 5.32 Å². The summed E-state index contributed by atoms with van der Waals surface area (Å²) in [4.78, 5) is 13.7. The number of nitrogens with zero attached hydrogens (tertiary/aromatic N) is 1. The molecule has 18 heavy (non-hydrogen) atoms.